The van der Waals surface area contributed by atoms with Crippen molar-refractivity contribution < 1.29 is 19.3 Å². The van der Waals surface area contributed by atoms with E-state index >= 15 is 0 Å². The number of benzene rings is 2. The fourth-order valence-corrected chi connectivity index (χ4v) is 2.54. The number of methoxy groups -OCH3 is 2. The lowest BCUT2D eigenvalue weighted by Gasteiger charge is -2.12. The predicted octanol–water partition coefficient (Wildman–Crippen LogP) is 3.37. The summed E-state index contributed by atoms with van der Waals surface area (Å²) in [6.45, 7) is 0. The highest BCUT2D eigenvalue weighted by Crippen LogP contribution is 2.33. The van der Waals surface area contributed by atoms with Crippen LogP contribution in [0.1, 0.15) is 17.0 Å². The van der Waals surface area contributed by atoms with E-state index in [2.05, 4.69) is 0 Å². The summed E-state index contributed by atoms with van der Waals surface area (Å²) in [6.07, 6.45) is 0.0281. The van der Waals surface area contributed by atoms with Crippen LogP contribution >= 0.6 is 0 Å². The van der Waals surface area contributed by atoms with Gasteiger partial charge >= 0.3 is 5.69 Å². The molecule has 0 aliphatic heterocycles. The number of nitrogens with zero attached hydrogens (tertiary/aromatic N) is 3. The van der Waals surface area contributed by atoms with Gasteiger partial charge in [0.1, 0.15) is 5.75 Å². The summed E-state index contributed by atoms with van der Waals surface area (Å²) in [4.78, 5) is 21.3. The average molecular weight is 357 g/mol. The first kappa shape index (κ1) is 18.7. The monoisotopic (exact) mass is 357 g/mol. The third-order valence-corrected chi connectivity index (χ3v) is 3.87. The van der Waals surface area contributed by atoms with Crippen molar-refractivity contribution in [3.63, 3.8) is 0 Å². The zero-order chi connectivity index (χ0) is 19.3. The maximum atomic E-state index is 11.3. The Bertz CT molecular complexity index is 891. The molecule has 1 unspecified atom stereocenters. The number of hydrogen-bond donors (Lipinski definition) is 0. The van der Waals surface area contributed by atoms with Crippen molar-refractivity contribution in [1.29, 1.82) is 5.26 Å². The molecule has 0 saturated heterocycles. The first-order chi connectivity index (χ1) is 12.4. The molecule has 26 heavy (non-hydrogen) atoms. The lowest BCUT2D eigenvalue weighted by molar-refractivity contribution is -0.385. The van der Waals surface area contributed by atoms with Crippen molar-refractivity contribution in [3.8, 4) is 17.6 Å². The first-order valence-electron chi connectivity index (χ1n) is 7.44. The van der Waals surface area contributed by atoms with E-state index in [0.29, 0.717) is 16.9 Å². The SMILES string of the molecule is COc1ccc(CC(C#N)c2ccc(OC)c([N+](=O)[O-])c2)c([N+](=O)[O-])c1. The minimum absolute atomic E-state index is 0.0281. The highest BCUT2D eigenvalue weighted by Gasteiger charge is 2.23. The second-order valence-electron chi connectivity index (χ2n) is 5.33. The number of ether oxygens (including phenoxy) is 2. The van der Waals surface area contributed by atoms with E-state index in [4.69, 9.17) is 9.47 Å². The number of rotatable bonds is 7. The van der Waals surface area contributed by atoms with Crippen molar-refractivity contribution in [2.75, 3.05) is 14.2 Å². The molecule has 0 aliphatic carbocycles. The van der Waals surface area contributed by atoms with Gasteiger partial charge in [-0.15, -0.1) is 0 Å². The fourth-order valence-electron chi connectivity index (χ4n) is 2.54. The molecule has 1 atom stereocenters. The Balaban J connectivity index is 2.42. The van der Waals surface area contributed by atoms with Crippen LogP contribution < -0.4 is 9.47 Å². The van der Waals surface area contributed by atoms with Crippen molar-refractivity contribution >= 4 is 11.4 Å². The molecule has 0 aliphatic rings. The largest absolute Gasteiger partial charge is 0.497 e. The Kier molecular flexibility index (Phi) is 5.70. The zero-order valence-electron chi connectivity index (χ0n) is 14.0. The molecule has 9 nitrogen and oxygen atoms in total. The predicted molar refractivity (Wildman–Crippen MR) is 91.4 cm³/mol. The van der Waals surface area contributed by atoms with E-state index < -0.39 is 15.8 Å². The van der Waals surface area contributed by atoms with Crippen LogP contribution in [-0.2, 0) is 6.42 Å². The van der Waals surface area contributed by atoms with Gasteiger partial charge in [-0.25, -0.2) is 0 Å². The number of nitriles is 1. The molecule has 2 aromatic rings. The van der Waals surface area contributed by atoms with Gasteiger partial charge in [-0.05, 0) is 30.2 Å². The fraction of sp³-hybridized carbons (Fsp3) is 0.235. The molecule has 9 heteroatoms. The highest BCUT2D eigenvalue weighted by atomic mass is 16.6. The Morgan fingerprint density at radius 3 is 2.27 bits per heavy atom. The summed E-state index contributed by atoms with van der Waals surface area (Å²) in [5, 5.41) is 31.9. The molecular weight excluding hydrogens is 342 g/mol. The maximum Gasteiger partial charge on any atom is 0.311 e. The molecule has 0 aromatic heterocycles. The van der Waals surface area contributed by atoms with Crippen molar-refractivity contribution in [1.82, 2.24) is 0 Å². The molecule has 0 bridgehead atoms. The van der Waals surface area contributed by atoms with Gasteiger partial charge in [-0.2, -0.15) is 5.26 Å². The maximum absolute atomic E-state index is 11.3. The van der Waals surface area contributed by atoms with Crippen molar-refractivity contribution in [2.45, 2.75) is 12.3 Å². The van der Waals surface area contributed by atoms with Crippen LogP contribution in [0.4, 0.5) is 11.4 Å². The number of nitro benzene ring substituents is 2. The van der Waals surface area contributed by atoms with E-state index in [1.807, 2.05) is 6.07 Å². The van der Waals surface area contributed by atoms with Gasteiger partial charge in [0.2, 0.25) is 0 Å². The van der Waals surface area contributed by atoms with Gasteiger partial charge in [-0.1, -0.05) is 6.07 Å². The van der Waals surface area contributed by atoms with Crippen LogP contribution in [0.2, 0.25) is 0 Å². The lowest BCUT2D eigenvalue weighted by Crippen LogP contribution is -2.05. The third kappa shape index (κ3) is 3.87. The molecule has 0 N–H and O–H groups in total. The summed E-state index contributed by atoms with van der Waals surface area (Å²) in [6, 6.07) is 10.6. The Morgan fingerprint density at radius 1 is 1.04 bits per heavy atom. The quantitative estimate of drug-likeness (QED) is 0.548. The molecule has 0 radical (unpaired) electrons. The highest BCUT2D eigenvalue weighted by molar-refractivity contribution is 5.52. The molecule has 0 saturated carbocycles. The normalized spacial score (nSPS) is 11.3. The van der Waals surface area contributed by atoms with E-state index in [0.717, 1.165) is 0 Å². The van der Waals surface area contributed by atoms with Gasteiger partial charge in [-0.3, -0.25) is 20.2 Å². The van der Waals surface area contributed by atoms with Gasteiger partial charge in [0, 0.05) is 11.6 Å². The van der Waals surface area contributed by atoms with Gasteiger partial charge in [0.15, 0.2) is 5.75 Å². The second-order valence-corrected chi connectivity index (χ2v) is 5.33. The summed E-state index contributed by atoms with van der Waals surface area (Å²) < 4.78 is 9.93. The smallest absolute Gasteiger partial charge is 0.311 e. The topological polar surface area (TPSA) is 129 Å². The van der Waals surface area contributed by atoms with Gasteiger partial charge in [0.25, 0.3) is 5.69 Å². The van der Waals surface area contributed by atoms with Crippen LogP contribution in [0.3, 0.4) is 0 Å². The molecule has 0 amide bonds. The standard InChI is InChI=1S/C17H15N3O6/c1-25-14-5-3-12(15(9-14)19(21)22)7-13(10-18)11-4-6-17(26-2)16(8-11)20(23)24/h3-6,8-9,13H,7H2,1-2H3. The molecule has 0 fully saturated rings. The van der Waals surface area contributed by atoms with Crippen molar-refractivity contribution in [3.05, 3.63) is 67.8 Å². The molecule has 2 rings (SSSR count). The van der Waals surface area contributed by atoms with Gasteiger partial charge in [0.05, 0.1) is 42.1 Å². The Hall–Kier alpha value is -3.67. The molecule has 0 spiro atoms. The second kappa shape index (κ2) is 7.94. The van der Waals surface area contributed by atoms with Crippen LogP contribution in [0, 0.1) is 31.6 Å². The lowest BCUT2D eigenvalue weighted by atomic mass is 9.92. The Morgan fingerprint density at radius 2 is 1.73 bits per heavy atom. The van der Waals surface area contributed by atoms with Crippen LogP contribution in [-0.4, -0.2) is 24.1 Å². The minimum Gasteiger partial charge on any atom is -0.497 e. The summed E-state index contributed by atoms with van der Waals surface area (Å²) in [7, 11) is 2.71. The van der Waals surface area contributed by atoms with E-state index in [1.165, 1.54) is 44.6 Å². The molecule has 0 heterocycles. The van der Waals surface area contributed by atoms with Crippen LogP contribution in [0.15, 0.2) is 36.4 Å². The number of nitro groups is 2. The van der Waals surface area contributed by atoms with E-state index in [-0.39, 0.29) is 23.5 Å². The van der Waals surface area contributed by atoms with Gasteiger partial charge < -0.3 is 9.47 Å². The Labute approximate surface area is 148 Å². The minimum atomic E-state index is -0.799. The third-order valence-electron chi connectivity index (χ3n) is 3.87. The zero-order valence-corrected chi connectivity index (χ0v) is 14.0. The van der Waals surface area contributed by atoms with Crippen molar-refractivity contribution in [2.24, 2.45) is 0 Å². The number of hydrogen-bond acceptors (Lipinski definition) is 7. The first-order valence-corrected chi connectivity index (χ1v) is 7.44. The van der Waals surface area contributed by atoms with E-state index in [1.54, 1.807) is 6.07 Å². The average Bonchev–Trinajstić information content (AvgIpc) is 2.65. The summed E-state index contributed by atoms with van der Waals surface area (Å²) >= 11 is 0. The van der Waals surface area contributed by atoms with E-state index in [9.17, 15) is 25.5 Å². The molecule has 2 aromatic carbocycles. The molecule has 134 valence electrons. The van der Waals surface area contributed by atoms with Crippen LogP contribution in [0.5, 0.6) is 11.5 Å². The summed E-state index contributed by atoms with van der Waals surface area (Å²) in [5.74, 6) is -0.397. The molecular formula is C17H15N3O6. The van der Waals surface area contributed by atoms with Crippen LogP contribution in [0.25, 0.3) is 0 Å². The summed E-state index contributed by atoms with van der Waals surface area (Å²) in [5.41, 5.74) is 0.271.